The van der Waals surface area contributed by atoms with Crippen molar-refractivity contribution in [1.82, 2.24) is 10.2 Å². The van der Waals surface area contributed by atoms with Crippen LogP contribution in [-0.4, -0.2) is 51.1 Å². The summed E-state index contributed by atoms with van der Waals surface area (Å²) < 4.78 is 10.2. The van der Waals surface area contributed by atoms with Gasteiger partial charge in [-0.1, -0.05) is 0 Å². The van der Waals surface area contributed by atoms with E-state index in [4.69, 9.17) is 15.2 Å². The molecule has 1 aromatic carbocycles. The highest BCUT2D eigenvalue weighted by molar-refractivity contribution is 6.01. The molecule has 7 nitrogen and oxygen atoms in total. The van der Waals surface area contributed by atoms with Gasteiger partial charge in [0.1, 0.15) is 0 Å². The molecule has 2 amide bonds. The minimum absolute atomic E-state index is 0.0864. The van der Waals surface area contributed by atoms with Crippen LogP contribution in [0, 0.1) is 0 Å². The number of nitrogens with one attached hydrogen (secondary N) is 1. The summed E-state index contributed by atoms with van der Waals surface area (Å²) in [5.41, 5.74) is 6.31. The van der Waals surface area contributed by atoms with Gasteiger partial charge in [0.25, 0.3) is 5.91 Å². The summed E-state index contributed by atoms with van der Waals surface area (Å²) in [6.45, 7) is 2.34. The summed E-state index contributed by atoms with van der Waals surface area (Å²) in [6, 6.07) is 2.99. The number of amides is 2. The fraction of sp³-hybridized carbons (Fsp3) is 0.429. The Labute approximate surface area is 124 Å². The molecule has 0 radical (unpaired) electrons. The first-order valence-electron chi connectivity index (χ1n) is 6.48. The van der Waals surface area contributed by atoms with Gasteiger partial charge in [0, 0.05) is 25.3 Å². The van der Waals surface area contributed by atoms with Gasteiger partial charge in [-0.2, -0.15) is 0 Å². The number of rotatable bonds is 6. The Bertz CT molecular complexity index is 531. The third-order valence-corrected chi connectivity index (χ3v) is 3.10. The lowest BCUT2D eigenvalue weighted by molar-refractivity contribution is -0.128. The van der Waals surface area contributed by atoms with Crippen molar-refractivity contribution in [2.45, 2.75) is 6.92 Å². The molecule has 0 saturated carbocycles. The third kappa shape index (κ3) is 4.01. The average Bonchev–Trinajstić information content (AvgIpc) is 2.50. The van der Waals surface area contributed by atoms with Gasteiger partial charge in [-0.05, 0) is 13.0 Å². The average molecular weight is 295 g/mol. The Balaban J connectivity index is 2.85. The second kappa shape index (κ2) is 7.37. The number of carbonyl (C=O) groups is 2. The highest BCUT2D eigenvalue weighted by atomic mass is 16.5. The quantitative estimate of drug-likeness (QED) is 0.745. The molecule has 0 aromatic heterocycles. The first-order chi connectivity index (χ1) is 9.94. The molecular weight excluding hydrogens is 274 g/mol. The van der Waals surface area contributed by atoms with Crippen LogP contribution in [0.15, 0.2) is 12.1 Å². The molecule has 0 unspecified atom stereocenters. The maximum Gasteiger partial charge on any atom is 0.253 e. The molecule has 1 aromatic rings. The Hall–Kier alpha value is -2.44. The van der Waals surface area contributed by atoms with Crippen LogP contribution >= 0.6 is 0 Å². The first kappa shape index (κ1) is 16.6. The standard InChI is InChI=1S/C14H21N3O4/c1-5-17(2)13(18)8-16-14(19)9-6-11(20-3)12(21-4)7-10(9)15/h6-7H,5,8,15H2,1-4H3,(H,16,19). The van der Waals surface area contributed by atoms with Crippen LogP contribution in [0.2, 0.25) is 0 Å². The molecule has 1 rings (SSSR count). The number of nitrogen functional groups attached to an aromatic ring is 1. The molecular formula is C14H21N3O4. The Morgan fingerprint density at radius 2 is 1.81 bits per heavy atom. The number of methoxy groups -OCH3 is 2. The van der Waals surface area contributed by atoms with E-state index in [-0.39, 0.29) is 23.7 Å². The summed E-state index contributed by atoms with van der Waals surface area (Å²) >= 11 is 0. The van der Waals surface area contributed by atoms with E-state index in [1.54, 1.807) is 7.05 Å². The minimum atomic E-state index is -0.439. The molecule has 0 saturated heterocycles. The molecule has 0 atom stereocenters. The molecule has 21 heavy (non-hydrogen) atoms. The summed E-state index contributed by atoms with van der Waals surface area (Å²) in [7, 11) is 4.62. The van der Waals surface area contributed by atoms with Crippen molar-refractivity contribution in [2.75, 3.05) is 40.1 Å². The van der Waals surface area contributed by atoms with E-state index in [1.165, 1.54) is 31.3 Å². The zero-order chi connectivity index (χ0) is 16.0. The lowest BCUT2D eigenvalue weighted by atomic mass is 10.1. The number of benzene rings is 1. The molecule has 0 bridgehead atoms. The fourth-order valence-electron chi connectivity index (χ4n) is 1.65. The lowest BCUT2D eigenvalue weighted by Gasteiger charge is -2.16. The molecule has 3 N–H and O–H groups in total. The summed E-state index contributed by atoms with van der Waals surface area (Å²) in [6.07, 6.45) is 0. The van der Waals surface area contributed by atoms with Crippen molar-refractivity contribution in [3.8, 4) is 11.5 Å². The SMILES string of the molecule is CCN(C)C(=O)CNC(=O)c1cc(OC)c(OC)cc1N. The van der Waals surface area contributed by atoms with E-state index in [9.17, 15) is 9.59 Å². The van der Waals surface area contributed by atoms with Gasteiger partial charge in [-0.3, -0.25) is 9.59 Å². The summed E-state index contributed by atoms with van der Waals surface area (Å²) in [4.78, 5) is 25.3. The maximum atomic E-state index is 12.1. The smallest absolute Gasteiger partial charge is 0.253 e. The molecule has 0 aliphatic heterocycles. The van der Waals surface area contributed by atoms with E-state index >= 15 is 0 Å². The monoisotopic (exact) mass is 295 g/mol. The number of nitrogens with two attached hydrogens (primary N) is 1. The third-order valence-electron chi connectivity index (χ3n) is 3.10. The second-order valence-corrected chi connectivity index (χ2v) is 4.39. The zero-order valence-corrected chi connectivity index (χ0v) is 12.7. The minimum Gasteiger partial charge on any atom is -0.493 e. The van der Waals surface area contributed by atoms with Gasteiger partial charge in [0.05, 0.1) is 26.3 Å². The number of hydrogen-bond donors (Lipinski definition) is 2. The Morgan fingerprint density at radius 3 is 2.33 bits per heavy atom. The van der Waals surface area contributed by atoms with Gasteiger partial charge >= 0.3 is 0 Å². The number of anilines is 1. The molecule has 7 heteroatoms. The normalized spacial score (nSPS) is 9.90. The Morgan fingerprint density at radius 1 is 1.24 bits per heavy atom. The fourth-order valence-corrected chi connectivity index (χ4v) is 1.65. The molecule has 0 heterocycles. The van der Waals surface area contributed by atoms with Crippen molar-refractivity contribution in [3.05, 3.63) is 17.7 Å². The number of hydrogen-bond acceptors (Lipinski definition) is 5. The van der Waals surface area contributed by atoms with E-state index in [0.29, 0.717) is 18.0 Å². The van der Waals surface area contributed by atoms with Gasteiger partial charge in [-0.25, -0.2) is 0 Å². The number of likely N-dealkylation sites (N-methyl/N-ethyl adjacent to an activating group) is 1. The van der Waals surface area contributed by atoms with E-state index in [0.717, 1.165) is 0 Å². The zero-order valence-electron chi connectivity index (χ0n) is 12.7. The highest BCUT2D eigenvalue weighted by Crippen LogP contribution is 2.31. The van der Waals surface area contributed by atoms with Crippen molar-refractivity contribution >= 4 is 17.5 Å². The van der Waals surface area contributed by atoms with Gasteiger partial charge < -0.3 is 25.4 Å². The predicted molar refractivity (Wildman–Crippen MR) is 79.6 cm³/mol. The van der Waals surface area contributed by atoms with Gasteiger partial charge in [0.15, 0.2) is 11.5 Å². The highest BCUT2D eigenvalue weighted by Gasteiger charge is 2.16. The van der Waals surface area contributed by atoms with Crippen LogP contribution in [0.3, 0.4) is 0 Å². The largest absolute Gasteiger partial charge is 0.493 e. The van der Waals surface area contributed by atoms with Crippen LogP contribution in [0.5, 0.6) is 11.5 Å². The van der Waals surface area contributed by atoms with Crippen molar-refractivity contribution < 1.29 is 19.1 Å². The van der Waals surface area contributed by atoms with E-state index in [1.807, 2.05) is 6.92 Å². The molecule has 116 valence electrons. The van der Waals surface area contributed by atoms with Crippen LogP contribution in [0.4, 0.5) is 5.69 Å². The number of nitrogens with zero attached hydrogens (tertiary/aromatic N) is 1. The summed E-state index contributed by atoms with van der Waals surface area (Å²) in [5, 5.41) is 2.54. The molecule has 0 aliphatic carbocycles. The van der Waals surface area contributed by atoms with E-state index < -0.39 is 5.91 Å². The van der Waals surface area contributed by atoms with Crippen molar-refractivity contribution in [1.29, 1.82) is 0 Å². The lowest BCUT2D eigenvalue weighted by Crippen LogP contribution is -2.38. The van der Waals surface area contributed by atoms with Crippen LogP contribution in [0.25, 0.3) is 0 Å². The van der Waals surface area contributed by atoms with Crippen LogP contribution in [0.1, 0.15) is 17.3 Å². The Kier molecular flexibility index (Phi) is 5.83. The summed E-state index contributed by atoms with van der Waals surface area (Å²) in [5.74, 6) is 0.221. The van der Waals surface area contributed by atoms with Crippen LogP contribution < -0.4 is 20.5 Å². The maximum absolute atomic E-state index is 12.1. The topological polar surface area (TPSA) is 93.9 Å². The van der Waals surface area contributed by atoms with Crippen LogP contribution in [-0.2, 0) is 4.79 Å². The van der Waals surface area contributed by atoms with Crippen molar-refractivity contribution in [2.24, 2.45) is 0 Å². The van der Waals surface area contributed by atoms with E-state index in [2.05, 4.69) is 5.32 Å². The molecule has 0 spiro atoms. The van der Waals surface area contributed by atoms with Gasteiger partial charge in [-0.15, -0.1) is 0 Å². The molecule has 0 aliphatic rings. The second-order valence-electron chi connectivity index (χ2n) is 4.39. The van der Waals surface area contributed by atoms with Crippen molar-refractivity contribution in [3.63, 3.8) is 0 Å². The predicted octanol–water partition coefficient (Wildman–Crippen LogP) is 0.494. The number of carbonyl (C=O) groups excluding carboxylic acids is 2. The first-order valence-corrected chi connectivity index (χ1v) is 6.48. The molecule has 0 fully saturated rings. The van der Waals surface area contributed by atoms with Gasteiger partial charge in [0.2, 0.25) is 5.91 Å². The number of ether oxygens (including phenoxy) is 2.